The van der Waals surface area contributed by atoms with E-state index in [2.05, 4.69) is 5.92 Å². The van der Waals surface area contributed by atoms with Crippen molar-refractivity contribution in [2.45, 2.75) is 18.5 Å². The molecule has 0 aliphatic carbocycles. The predicted molar refractivity (Wildman–Crippen MR) is 56.4 cm³/mol. The van der Waals surface area contributed by atoms with Crippen LogP contribution in [0.4, 0.5) is 0 Å². The van der Waals surface area contributed by atoms with Crippen LogP contribution in [0.2, 0.25) is 0 Å². The van der Waals surface area contributed by atoms with E-state index in [9.17, 15) is 0 Å². The van der Waals surface area contributed by atoms with Gasteiger partial charge < -0.3 is 24.1 Å². The van der Waals surface area contributed by atoms with Crippen molar-refractivity contribution >= 4 is 0 Å². The maximum atomic E-state index is 9.13. The summed E-state index contributed by atoms with van der Waals surface area (Å²) in [4.78, 5) is 0. The van der Waals surface area contributed by atoms with Crippen LogP contribution in [0.15, 0.2) is 12.2 Å². The van der Waals surface area contributed by atoms with Gasteiger partial charge in [-0.15, -0.1) is 6.42 Å². The van der Waals surface area contributed by atoms with E-state index in [0.717, 1.165) is 0 Å². The van der Waals surface area contributed by atoms with E-state index in [4.69, 9.17) is 30.5 Å². The second-order valence-corrected chi connectivity index (χ2v) is 3.16. The summed E-state index contributed by atoms with van der Waals surface area (Å²) in [5.74, 6) is 2.34. The van der Waals surface area contributed by atoms with Gasteiger partial charge in [0, 0.05) is 7.11 Å². The van der Waals surface area contributed by atoms with Gasteiger partial charge in [-0.2, -0.15) is 0 Å². The molecule has 1 aliphatic rings. The standard InChI is InChI=1S/C11H16O5/c1-3-6-14-11-5-4-9(15-8-13-2)10(7-12)16-11/h1,4-5,9-12H,6-8H2,2H3/t9-,10-,11-/m0/s1. The monoisotopic (exact) mass is 228 g/mol. The van der Waals surface area contributed by atoms with Crippen LogP contribution in [0.25, 0.3) is 0 Å². The minimum absolute atomic E-state index is 0.144. The molecule has 1 heterocycles. The van der Waals surface area contributed by atoms with Crippen LogP contribution in [0.5, 0.6) is 0 Å². The number of terminal acetylenes is 1. The van der Waals surface area contributed by atoms with Gasteiger partial charge in [-0.3, -0.25) is 0 Å². The van der Waals surface area contributed by atoms with E-state index in [-0.39, 0.29) is 26.1 Å². The molecule has 0 bridgehead atoms. The Kier molecular flexibility index (Phi) is 6.08. The van der Waals surface area contributed by atoms with Crippen molar-refractivity contribution in [2.24, 2.45) is 0 Å². The quantitative estimate of drug-likeness (QED) is 0.391. The molecule has 0 spiro atoms. The lowest BCUT2D eigenvalue weighted by Gasteiger charge is -2.30. The van der Waals surface area contributed by atoms with Gasteiger partial charge >= 0.3 is 0 Å². The Hall–Kier alpha value is -0.900. The first-order valence-electron chi connectivity index (χ1n) is 4.92. The van der Waals surface area contributed by atoms with Crippen LogP contribution in [0.1, 0.15) is 0 Å². The number of hydrogen-bond acceptors (Lipinski definition) is 5. The highest BCUT2D eigenvalue weighted by Gasteiger charge is 2.27. The summed E-state index contributed by atoms with van der Waals surface area (Å²) in [6.07, 6.45) is 7.19. The highest BCUT2D eigenvalue weighted by atomic mass is 16.7. The molecule has 0 unspecified atom stereocenters. The van der Waals surface area contributed by atoms with Crippen molar-refractivity contribution in [2.75, 3.05) is 27.1 Å². The number of hydrogen-bond donors (Lipinski definition) is 1. The van der Waals surface area contributed by atoms with Crippen LogP contribution >= 0.6 is 0 Å². The molecule has 0 aromatic carbocycles. The first-order chi connectivity index (χ1) is 7.81. The third-order valence-corrected chi connectivity index (χ3v) is 2.02. The van der Waals surface area contributed by atoms with Crippen LogP contribution in [0.3, 0.4) is 0 Å². The largest absolute Gasteiger partial charge is 0.394 e. The van der Waals surface area contributed by atoms with Crippen molar-refractivity contribution in [3.05, 3.63) is 12.2 Å². The third kappa shape index (κ3) is 3.93. The third-order valence-electron chi connectivity index (χ3n) is 2.02. The fourth-order valence-corrected chi connectivity index (χ4v) is 1.30. The van der Waals surface area contributed by atoms with Gasteiger partial charge in [0.05, 0.1) is 6.61 Å². The average Bonchev–Trinajstić information content (AvgIpc) is 2.34. The van der Waals surface area contributed by atoms with Crippen molar-refractivity contribution in [3.8, 4) is 12.3 Å². The molecule has 0 saturated carbocycles. The highest BCUT2D eigenvalue weighted by molar-refractivity contribution is 5.01. The smallest absolute Gasteiger partial charge is 0.178 e. The Bertz CT molecular complexity index is 258. The summed E-state index contributed by atoms with van der Waals surface area (Å²) >= 11 is 0. The first-order valence-corrected chi connectivity index (χ1v) is 4.92. The zero-order valence-corrected chi connectivity index (χ0v) is 9.17. The van der Waals surface area contributed by atoms with E-state index in [1.807, 2.05) is 0 Å². The molecular formula is C11H16O5. The summed E-state index contributed by atoms with van der Waals surface area (Å²) < 4.78 is 20.7. The molecule has 5 nitrogen and oxygen atoms in total. The number of rotatable bonds is 6. The minimum atomic E-state index is -0.532. The molecule has 90 valence electrons. The van der Waals surface area contributed by atoms with Crippen LogP contribution < -0.4 is 0 Å². The van der Waals surface area contributed by atoms with Gasteiger partial charge in [0.1, 0.15) is 25.6 Å². The molecule has 0 aromatic heterocycles. The maximum absolute atomic E-state index is 9.13. The molecule has 0 amide bonds. The Balaban J connectivity index is 2.46. The number of methoxy groups -OCH3 is 1. The molecule has 16 heavy (non-hydrogen) atoms. The lowest BCUT2D eigenvalue weighted by Crippen LogP contribution is -2.40. The Morgan fingerprint density at radius 2 is 2.25 bits per heavy atom. The van der Waals surface area contributed by atoms with Gasteiger partial charge in [0.15, 0.2) is 6.29 Å². The second kappa shape index (κ2) is 7.39. The van der Waals surface area contributed by atoms with E-state index in [1.54, 1.807) is 12.2 Å². The Morgan fingerprint density at radius 1 is 1.44 bits per heavy atom. The number of aliphatic hydroxyl groups excluding tert-OH is 1. The van der Waals surface area contributed by atoms with Crippen LogP contribution in [0, 0.1) is 12.3 Å². The van der Waals surface area contributed by atoms with Crippen molar-refractivity contribution in [1.29, 1.82) is 0 Å². The molecule has 3 atom stereocenters. The van der Waals surface area contributed by atoms with E-state index in [0.29, 0.717) is 0 Å². The molecular weight excluding hydrogens is 212 g/mol. The van der Waals surface area contributed by atoms with Crippen molar-refractivity contribution in [3.63, 3.8) is 0 Å². The van der Waals surface area contributed by atoms with Crippen molar-refractivity contribution in [1.82, 2.24) is 0 Å². The van der Waals surface area contributed by atoms with Crippen LogP contribution in [-0.4, -0.2) is 50.7 Å². The van der Waals surface area contributed by atoms with E-state index in [1.165, 1.54) is 7.11 Å². The number of ether oxygens (including phenoxy) is 4. The maximum Gasteiger partial charge on any atom is 0.178 e. The normalized spacial score (nSPS) is 28.9. The Labute approximate surface area is 94.9 Å². The van der Waals surface area contributed by atoms with E-state index >= 15 is 0 Å². The molecule has 0 saturated heterocycles. The van der Waals surface area contributed by atoms with Gasteiger partial charge in [0.2, 0.25) is 0 Å². The van der Waals surface area contributed by atoms with Gasteiger partial charge in [-0.1, -0.05) is 12.0 Å². The molecule has 0 fully saturated rings. The minimum Gasteiger partial charge on any atom is -0.394 e. The highest BCUT2D eigenvalue weighted by Crippen LogP contribution is 2.16. The molecule has 1 aliphatic heterocycles. The summed E-state index contributed by atoms with van der Waals surface area (Å²) in [7, 11) is 1.53. The summed E-state index contributed by atoms with van der Waals surface area (Å²) in [6, 6.07) is 0. The zero-order valence-electron chi connectivity index (χ0n) is 9.17. The second-order valence-electron chi connectivity index (χ2n) is 3.16. The summed E-state index contributed by atoms with van der Waals surface area (Å²) in [5, 5.41) is 9.13. The number of aliphatic hydroxyl groups is 1. The van der Waals surface area contributed by atoms with Gasteiger partial charge in [-0.25, -0.2) is 0 Å². The lowest BCUT2D eigenvalue weighted by atomic mass is 10.1. The zero-order chi connectivity index (χ0) is 11.8. The SMILES string of the molecule is C#CCO[C@@H]1C=C[C@H](OCOC)[C@H](CO)O1. The summed E-state index contributed by atoms with van der Waals surface area (Å²) in [6.45, 7) is 0.149. The van der Waals surface area contributed by atoms with E-state index < -0.39 is 12.4 Å². The predicted octanol–water partition coefficient (Wildman–Crippen LogP) is -0.101. The van der Waals surface area contributed by atoms with Crippen LogP contribution in [-0.2, 0) is 18.9 Å². The molecule has 0 aromatic rings. The lowest BCUT2D eigenvalue weighted by molar-refractivity contribution is -0.195. The molecule has 0 radical (unpaired) electrons. The fourth-order valence-electron chi connectivity index (χ4n) is 1.30. The average molecular weight is 228 g/mol. The Morgan fingerprint density at radius 3 is 2.88 bits per heavy atom. The first kappa shape index (κ1) is 13.2. The van der Waals surface area contributed by atoms with Gasteiger partial charge in [0.25, 0.3) is 0 Å². The molecule has 1 N–H and O–H groups in total. The fraction of sp³-hybridized carbons (Fsp3) is 0.636. The molecule has 5 heteroatoms. The van der Waals surface area contributed by atoms with Crippen molar-refractivity contribution < 1.29 is 24.1 Å². The summed E-state index contributed by atoms with van der Waals surface area (Å²) in [5.41, 5.74) is 0. The molecule has 1 rings (SSSR count). The topological polar surface area (TPSA) is 57.2 Å². The van der Waals surface area contributed by atoms with Gasteiger partial charge in [-0.05, 0) is 6.08 Å².